The minimum absolute atomic E-state index is 0.661. The maximum Gasteiger partial charge on any atom is 0.200 e. The lowest BCUT2D eigenvalue weighted by molar-refractivity contribution is 0.545. The van der Waals surface area contributed by atoms with Gasteiger partial charge in [0.2, 0.25) is 5.82 Å². The molecule has 4 aromatic heterocycles. The highest BCUT2D eigenvalue weighted by Gasteiger charge is 2.18. The molecule has 6 nitrogen and oxygen atoms in total. The molecule has 30 heavy (non-hydrogen) atoms. The summed E-state index contributed by atoms with van der Waals surface area (Å²) in [7, 11) is 0. The van der Waals surface area contributed by atoms with Crippen molar-refractivity contribution in [3.8, 4) is 11.6 Å². The van der Waals surface area contributed by atoms with E-state index in [4.69, 9.17) is 9.40 Å². The molecular formula is C22H18BrN5OS. The fraction of sp³-hybridized carbons (Fsp3) is 0.136. The van der Waals surface area contributed by atoms with Crippen LogP contribution in [0.4, 0.5) is 0 Å². The van der Waals surface area contributed by atoms with Gasteiger partial charge in [0.25, 0.3) is 0 Å². The molecule has 0 atom stereocenters. The summed E-state index contributed by atoms with van der Waals surface area (Å²) in [5.41, 5.74) is 4.33. The van der Waals surface area contributed by atoms with Gasteiger partial charge in [-0.25, -0.2) is 4.98 Å². The number of hydrogen-bond acceptors (Lipinski definition) is 5. The Balaban J connectivity index is 1.46. The van der Waals surface area contributed by atoms with Gasteiger partial charge in [0.1, 0.15) is 5.65 Å². The highest BCUT2D eigenvalue weighted by Crippen LogP contribution is 2.29. The molecule has 0 unspecified atom stereocenters. The number of pyridine rings is 1. The van der Waals surface area contributed by atoms with Crippen LogP contribution in [0.2, 0.25) is 0 Å². The molecule has 8 heteroatoms. The Labute approximate surface area is 186 Å². The first-order valence-electron chi connectivity index (χ1n) is 9.46. The number of furan rings is 1. The molecule has 150 valence electrons. The van der Waals surface area contributed by atoms with E-state index in [-0.39, 0.29) is 0 Å². The molecule has 0 saturated carbocycles. The predicted molar refractivity (Wildman–Crippen MR) is 120 cm³/mol. The Morgan fingerprint density at radius 1 is 1.03 bits per heavy atom. The first-order valence-corrected chi connectivity index (χ1v) is 11.2. The van der Waals surface area contributed by atoms with E-state index in [9.17, 15) is 0 Å². The Morgan fingerprint density at radius 3 is 2.67 bits per heavy atom. The van der Waals surface area contributed by atoms with Gasteiger partial charge in [0, 0.05) is 18.1 Å². The molecular weight excluding hydrogens is 462 g/mol. The smallest absolute Gasteiger partial charge is 0.200 e. The third kappa shape index (κ3) is 3.80. The van der Waals surface area contributed by atoms with E-state index in [1.807, 2.05) is 42.6 Å². The van der Waals surface area contributed by atoms with Crippen molar-refractivity contribution in [1.29, 1.82) is 0 Å². The van der Waals surface area contributed by atoms with Crippen LogP contribution in [0.5, 0.6) is 0 Å². The van der Waals surface area contributed by atoms with Crippen molar-refractivity contribution in [2.45, 2.75) is 24.4 Å². The highest BCUT2D eigenvalue weighted by atomic mass is 79.9. The van der Waals surface area contributed by atoms with Crippen LogP contribution in [0.3, 0.4) is 0 Å². The molecule has 0 radical (unpaired) electrons. The van der Waals surface area contributed by atoms with Gasteiger partial charge in [-0.05, 0) is 52.2 Å². The van der Waals surface area contributed by atoms with Gasteiger partial charge in [-0.1, -0.05) is 48.2 Å². The lowest BCUT2D eigenvalue weighted by atomic mass is 10.2. The molecule has 0 N–H and O–H groups in total. The number of hydrogen-bond donors (Lipinski definition) is 0. The topological polar surface area (TPSA) is 61.1 Å². The molecule has 0 spiro atoms. The second kappa shape index (κ2) is 8.12. The molecule has 0 amide bonds. The number of aryl methyl sites for hydroxylation is 1. The third-order valence-corrected chi connectivity index (χ3v) is 6.20. The summed E-state index contributed by atoms with van der Waals surface area (Å²) >= 11 is 4.99. The average Bonchev–Trinajstić information content (AvgIpc) is 3.46. The molecule has 0 aliphatic rings. The summed E-state index contributed by atoms with van der Waals surface area (Å²) in [6.07, 6.45) is 4.09. The lowest BCUT2D eigenvalue weighted by Gasteiger charge is -2.09. The monoisotopic (exact) mass is 479 g/mol. The van der Waals surface area contributed by atoms with E-state index in [2.05, 4.69) is 66.4 Å². The molecule has 4 heterocycles. The number of nitrogens with zero attached hydrogens (tertiary/aromatic N) is 5. The van der Waals surface area contributed by atoms with Crippen LogP contribution < -0.4 is 0 Å². The standard InChI is InChI=1S/C22H18BrN5OS/c1-15-6-5-11-27-13-17(24-20(15)27)14-30-22-26-25-21(18-9-10-19(23)29-18)28(22)12-16-7-3-2-4-8-16/h2-11,13H,12,14H2,1H3. The molecule has 0 fully saturated rings. The van der Waals surface area contributed by atoms with Crippen LogP contribution in [0.15, 0.2) is 81.2 Å². The maximum atomic E-state index is 5.75. The summed E-state index contributed by atoms with van der Waals surface area (Å²) in [6, 6.07) is 18.2. The zero-order valence-corrected chi connectivity index (χ0v) is 18.6. The Morgan fingerprint density at radius 2 is 1.90 bits per heavy atom. The van der Waals surface area contributed by atoms with Crippen molar-refractivity contribution in [3.63, 3.8) is 0 Å². The third-order valence-electron chi connectivity index (χ3n) is 4.77. The number of rotatable bonds is 6. The molecule has 0 aliphatic heterocycles. The van der Waals surface area contributed by atoms with E-state index < -0.39 is 0 Å². The van der Waals surface area contributed by atoms with Crippen molar-refractivity contribution in [2.24, 2.45) is 0 Å². The van der Waals surface area contributed by atoms with E-state index in [0.717, 1.165) is 22.1 Å². The largest absolute Gasteiger partial charge is 0.446 e. The van der Waals surface area contributed by atoms with Crippen molar-refractivity contribution in [1.82, 2.24) is 24.1 Å². The molecule has 0 bridgehead atoms. The van der Waals surface area contributed by atoms with Gasteiger partial charge >= 0.3 is 0 Å². The number of imidazole rings is 1. The number of thioether (sulfide) groups is 1. The number of benzene rings is 1. The first-order chi connectivity index (χ1) is 14.7. The van der Waals surface area contributed by atoms with E-state index in [1.54, 1.807) is 11.8 Å². The van der Waals surface area contributed by atoms with Crippen LogP contribution in [0.25, 0.3) is 17.2 Å². The van der Waals surface area contributed by atoms with Crippen LogP contribution in [-0.2, 0) is 12.3 Å². The van der Waals surface area contributed by atoms with Crippen LogP contribution in [0.1, 0.15) is 16.8 Å². The average molecular weight is 480 g/mol. The summed E-state index contributed by atoms with van der Waals surface area (Å²) < 4.78 is 10.6. The fourth-order valence-corrected chi connectivity index (χ4v) is 4.46. The first kappa shape index (κ1) is 19.1. The predicted octanol–water partition coefficient (Wildman–Crippen LogP) is 5.60. The normalized spacial score (nSPS) is 11.4. The number of halogens is 1. The van der Waals surface area contributed by atoms with E-state index in [0.29, 0.717) is 28.6 Å². The van der Waals surface area contributed by atoms with Crippen molar-refractivity contribution >= 4 is 33.3 Å². The van der Waals surface area contributed by atoms with Crippen molar-refractivity contribution < 1.29 is 4.42 Å². The van der Waals surface area contributed by atoms with Gasteiger partial charge < -0.3 is 8.82 Å². The molecule has 0 saturated heterocycles. The van der Waals surface area contributed by atoms with Gasteiger partial charge in [-0.3, -0.25) is 4.57 Å². The van der Waals surface area contributed by atoms with E-state index >= 15 is 0 Å². The van der Waals surface area contributed by atoms with Crippen LogP contribution in [-0.4, -0.2) is 24.1 Å². The van der Waals surface area contributed by atoms with Gasteiger partial charge in [0.05, 0.1) is 12.2 Å². The van der Waals surface area contributed by atoms with Crippen LogP contribution in [0, 0.1) is 6.92 Å². The number of fused-ring (bicyclic) bond motifs is 1. The van der Waals surface area contributed by atoms with Crippen molar-refractivity contribution in [2.75, 3.05) is 0 Å². The Kier molecular flexibility index (Phi) is 5.18. The number of aromatic nitrogens is 5. The second-order valence-corrected chi connectivity index (χ2v) is 8.65. The Bertz CT molecular complexity index is 1310. The zero-order valence-electron chi connectivity index (χ0n) is 16.2. The maximum absolute atomic E-state index is 5.75. The zero-order chi connectivity index (χ0) is 20.5. The van der Waals surface area contributed by atoms with E-state index in [1.165, 1.54) is 5.56 Å². The lowest BCUT2D eigenvalue weighted by Crippen LogP contribution is -2.04. The van der Waals surface area contributed by atoms with Crippen LogP contribution >= 0.6 is 27.7 Å². The SMILES string of the molecule is Cc1cccn2cc(CSc3nnc(-c4ccc(Br)o4)n3Cc3ccccc3)nc12. The minimum Gasteiger partial charge on any atom is -0.446 e. The highest BCUT2D eigenvalue weighted by molar-refractivity contribution is 9.10. The Hall–Kier alpha value is -2.84. The van der Waals surface area contributed by atoms with Gasteiger partial charge in [-0.2, -0.15) is 0 Å². The molecule has 5 rings (SSSR count). The minimum atomic E-state index is 0.661. The molecule has 0 aliphatic carbocycles. The van der Waals surface area contributed by atoms with Crippen molar-refractivity contribution in [3.05, 3.63) is 88.5 Å². The summed E-state index contributed by atoms with van der Waals surface area (Å²) in [4.78, 5) is 4.77. The fourth-order valence-electron chi connectivity index (χ4n) is 3.33. The molecule has 1 aromatic carbocycles. The molecule has 5 aromatic rings. The summed E-state index contributed by atoms with van der Waals surface area (Å²) in [5.74, 6) is 2.09. The summed E-state index contributed by atoms with van der Waals surface area (Å²) in [6.45, 7) is 2.73. The summed E-state index contributed by atoms with van der Waals surface area (Å²) in [5, 5.41) is 9.70. The second-order valence-electron chi connectivity index (χ2n) is 6.92. The van der Waals surface area contributed by atoms with Gasteiger partial charge in [-0.15, -0.1) is 10.2 Å². The van der Waals surface area contributed by atoms with Gasteiger partial charge in [0.15, 0.2) is 15.6 Å². The quantitative estimate of drug-likeness (QED) is 0.296.